The molecule has 2 aromatic rings. The number of nitrogens with one attached hydrogen (secondary N) is 1. The van der Waals surface area contributed by atoms with Gasteiger partial charge in [-0.25, -0.2) is 8.42 Å². The van der Waals surface area contributed by atoms with E-state index in [-0.39, 0.29) is 17.3 Å². The molecule has 0 atom stereocenters. The van der Waals surface area contributed by atoms with E-state index in [1.54, 1.807) is 17.8 Å². The van der Waals surface area contributed by atoms with E-state index < -0.39 is 10.0 Å². The molecule has 8 nitrogen and oxygen atoms in total. The van der Waals surface area contributed by atoms with Crippen molar-refractivity contribution in [1.29, 1.82) is 0 Å². The van der Waals surface area contributed by atoms with Gasteiger partial charge in [0.05, 0.1) is 12.2 Å². The number of amides is 1. The van der Waals surface area contributed by atoms with Crippen molar-refractivity contribution < 1.29 is 13.2 Å². The molecule has 0 bridgehead atoms. The van der Waals surface area contributed by atoms with Gasteiger partial charge in [0.2, 0.25) is 15.9 Å². The van der Waals surface area contributed by atoms with Gasteiger partial charge >= 0.3 is 0 Å². The van der Waals surface area contributed by atoms with E-state index in [1.165, 1.54) is 4.31 Å². The number of nitrogens with zero attached hydrogens (tertiary/aromatic N) is 4. The second-order valence-corrected chi connectivity index (χ2v) is 8.44. The molecule has 0 unspecified atom stereocenters. The molecule has 0 spiro atoms. The fraction of sp³-hybridized carbons (Fsp3) is 0.444. The van der Waals surface area contributed by atoms with Crippen molar-refractivity contribution in [1.82, 2.24) is 19.0 Å². The zero-order valence-corrected chi connectivity index (χ0v) is 16.4. The molecule has 0 radical (unpaired) electrons. The van der Waals surface area contributed by atoms with Crippen LogP contribution >= 0.6 is 0 Å². The van der Waals surface area contributed by atoms with Gasteiger partial charge in [0.15, 0.2) is 0 Å². The summed E-state index contributed by atoms with van der Waals surface area (Å²) < 4.78 is 28.9. The molecule has 0 aliphatic carbocycles. The van der Waals surface area contributed by atoms with Crippen LogP contribution < -0.4 is 5.32 Å². The SMILES string of the molecule is CCn1cc(S(=O)(=O)N2CCN(CC(=O)Nc3ccccc3)CC2)c(C)n1. The lowest BCUT2D eigenvalue weighted by Crippen LogP contribution is -2.50. The van der Waals surface area contributed by atoms with Crippen molar-refractivity contribution >= 4 is 21.6 Å². The highest BCUT2D eigenvalue weighted by Gasteiger charge is 2.31. The van der Waals surface area contributed by atoms with Crippen LogP contribution in [0.15, 0.2) is 41.4 Å². The van der Waals surface area contributed by atoms with Gasteiger partial charge in [-0.3, -0.25) is 14.4 Å². The van der Waals surface area contributed by atoms with Gasteiger partial charge in [-0.1, -0.05) is 18.2 Å². The average molecular weight is 391 g/mol. The lowest BCUT2D eigenvalue weighted by Gasteiger charge is -2.33. The normalized spacial score (nSPS) is 16.4. The van der Waals surface area contributed by atoms with Gasteiger partial charge < -0.3 is 5.32 Å². The fourth-order valence-electron chi connectivity index (χ4n) is 3.11. The number of para-hydroxylation sites is 1. The van der Waals surface area contributed by atoms with Crippen molar-refractivity contribution in [3.63, 3.8) is 0 Å². The van der Waals surface area contributed by atoms with E-state index in [2.05, 4.69) is 10.4 Å². The van der Waals surface area contributed by atoms with Gasteiger partial charge in [-0.05, 0) is 26.0 Å². The number of aromatic nitrogens is 2. The smallest absolute Gasteiger partial charge is 0.246 e. The van der Waals surface area contributed by atoms with E-state index in [0.717, 1.165) is 5.69 Å². The highest BCUT2D eigenvalue weighted by molar-refractivity contribution is 7.89. The Morgan fingerprint density at radius 3 is 2.41 bits per heavy atom. The van der Waals surface area contributed by atoms with Crippen LogP contribution in [0.3, 0.4) is 0 Å². The number of carbonyl (C=O) groups excluding carboxylic acids is 1. The van der Waals surface area contributed by atoms with Gasteiger partial charge in [-0.15, -0.1) is 0 Å². The third kappa shape index (κ3) is 4.55. The van der Waals surface area contributed by atoms with Crippen LogP contribution in [-0.4, -0.2) is 66.0 Å². The molecule has 1 aliphatic heterocycles. The molecular weight excluding hydrogens is 366 g/mol. The molecule has 1 saturated heterocycles. The van der Waals surface area contributed by atoms with Crippen molar-refractivity contribution in [3.05, 3.63) is 42.2 Å². The molecule has 9 heteroatoms. The Labute approximate surface area is 159 Å². The number of hydrogen-bond donors (Lipinski definition) is 1. The first kappa shape index (κ1) is 19.5. The predicted octanol–water partition coefficient (Wildman–Crippen LogP) is 1.16. The van der Waals surface area contributed by atoms with Gasteiger partial charge in [0, 0.05) is 44.6 Å². The summed E-state index contributed by atoms with van der Waals surface area (Å²) in [5.41, 5.74) is 1.27. The summed E-state index contributed by atoms with van der Waals surface area (Å²) in [4.78, 5) is 14.4. The van der Waals surface area contributed by atoms with Crippen LogP contribution in [-0.2, 0) is 21.4 Å². The number of benzene rings is 1. The molecule has 27 heavy (non-hydrogen) atoms. The van der Waals surface area contributed by atoms with Crippen molar-refractivity contribution in [2.45, 2.75) is 25.3 Å². The minimum absolute atomic E-state index is 0.0995. The number of anilines is 1. The summed E-state index contributed by atoms with van der Waals surface area (Å²) in [6.45, 7) is 6.25. The van der Waals surface area contributed by atoms with E-state index in [4.69, 9.17) is 0 Å². The van der Waals surface area contributed by atoms with Crippen LogP contribution in [0.5, 0.6) is 0 Å². The van der Waals surface area contributed by atoms with Crippen LogP contribution in [0.4, 0.5) is 5.69 Å². The zero-order valence-electron chi connectivity index (χ0n) is 15.6. The third-order valence-corrected chi connectivity index (χ3v) is 6.60. The number of sulfonamides is 1. The first-order chi connectivity index (χ1) is 12.9. The highest BCUT2D eigenvalue weighted by Crippen LogP contribution is 2.20. The molecule has 2 heterocycles. The highest BCUT2D eigenvalue weighted by atomic mass is 32.2. The number of carbonyl (C=O) groups is 1. The Morgan fingerprint density at radius 1 is 1.15 bits per heavy atom. The molecule has 3 rings (SSSR count). The standard InChI is InChI=1S/C18H25N5O3S/c1-3-22-13-17(15(2)20-22)27(25,26)23-11-9-21(10-12-23)14-18(24)19-16-7-5-4-6-8-16/h4-8,13H,3,9-12,14H2,1-2H3,(H,19,24). The quantitative estimate of drug-likeness (QED) is 0.798. The molecule has 1 aromatic carbocycles. The van der Waals surface area contributed by atoms with Crippen molar-refractivity contribution in [2.24, 2.45) is 0 Å². The molecule has 146 valence electrons. The fourth-order valence-corrected chi connectivity index (χ4v) is 4.70. The third-order valence-electron chi connectivity index (χ3n) is 4.60. The minimum Gasteiger partial charge on any atom is -0.325 e. The average Bonchev–Trinajstić information content (AvgIpc) is 3.04. The second-order valence-electron chi connectivity index (χ2n) is 6.53. The number of piperazine rings is 1. The summed E-state index contributed by atoms with van der Waals surface area (Å²) in [7, 11) is -3.56. The largest absolute Gasteiger partial charge is 0.325 e. The monoisotopic (exact) mass is 391 g/mol. The van der Waals surface area contributed by atoms with Crippen LogP contribution in [0.2, 0.25) is 0 Å². The predicted molar refractivity (Wildman–Crippen MR) is 103 cm³/mol. The van der Waals surface area contributed by atoms with E-state index >= 15 is 0 Å². The Kier molecular flexibility index (Phi) is 5.93. The summed E-state index contributed by atoms with van der Waals surface area (Å²) >= 11 is 0. The summed E-state index contributed by atoms with van der Waals surface area (Å²) in [6, 6.07) is 9.29. The summed E-state index contributed by atoms with van der Waals surface area (Å²) in [6.07, 6.45) is 1.59. The minimum atomic E-state index is -3.56. The number of hydrogen-bond acceptors (Lipinski definition) is 5. The van der Waals surface area contributed by atoms with Gasteiger partial charge in [-0.2, -0.15) is 9.40 Å². The summed E-state index contributed by atoms with van der Waals surface area (Å²) in [5.74, 6) is -0.0995. The molecule has 1 aliphatic rings. The van der Waals surface area contributed by atoms with E-state index in [0.29, 0.717) is 38.4 Å². The number of aryl methyl sites for hydroxylation is 2. The molecule has 1 fully saturated rings. The maximum atomic E-state index is 12.9. The Balaban J connectivity index is 1.56. The Bertz CT molecular complexity index is 887. The van der Waals surface area contributed by atoms with E-state index in [9.17, 15) is 13.2 Å². The molecule has 1 N–H and O–H groups in total. The second kappa shape index (κ2) is 8.20. The van der Waals surface area contributed by atoms with Crippen LogP contribution in [0.1, 0.15) is 12.6 Å². The summed E-state index contributed by atoms with van der Waals surface area (Å²) in [5, 5.41) is 7.08. The first-order valence-electron chi connectivity index (χ1n) is 9.01. The first-order valence-corrected chi connectivity index (χ1v) is 10.5. The maximum absolute atomic E-state index is 12.9. The Morgan fingerprint density at radius 2 is 1.81 bits per heavy atom. The van der Waals surface area contributed by atoms with E-state index in [1.807, 2.05) is 42.2 Å². The topological polar surface area (TPSA) is 87.5 Å². The molecular formula is C18H25N5O3S. The van der Waals surface area contributed by atoms with Gasteiger partial charge in [0.1, 0.15) is 4.90 Å². The van der Waals surface area contributed by atoms with Crippen molar-refractivity contribution in [2.75, 3.05) is 38.0 Å². The van der Waals surface area contributed by atoms with Crippen molar-refractivity contribution in [3.8, 4) is 0 Å². The Hall–Kier alpha value is -2.23. The maximum Gasteiger partial charge on any atom is 0.246 e. The number of rotatable bonds is 6. The van der Waals surface area contributed by atoms with Gasteiger partial charge in [0.25, 0.3) is 0 Å². The van der Waals surface area contributed by atoms with Crippen LogP contribution in [0, 0.1) is 6.92 Å². The van der Waals surface area contributed by atoms with Crippen LogP contribution in [0.25, 0.3) is 0 Å². The lowest BCUT2D eigenvalue weighted by molar-refractivity contribution is -0.117. The molecule has 1 aromatic heterocycles. The molecule has 1 amide bonds. The molecule has 0 saturated carbocycles. The lowest BCUT2D eigenvalue weighted by atomic mass is 10.3. The zero-order chi connectivity index (χ0) is 19.4.